The molecular formula is C16H16O3. The highest BCUT2D eigenvalue weighted by molar-refractivity contribution is 5.92. The second-order valence-electron chi connectivity index (χ2n) is 4.43. The molecule has 3 heteroatoms. The molecule has 19 heavy (non-hydrogen) atoms. The number of para-hydroxylation sites is 1. The molecule has 0 saturated carbocycles. The number of benzene rings is 2. The van der Waals surface area contributed by atoms with E-state index in [1.54, 1.807) is 18.2 Å². The van der Waals surface area contributed by atoms with Crippen LogP contribution in [0.1, 0.15) is 28.8 Å². The van der Waals surface area contributed by atoms with Crippen LogP contribution < -0.4 is 0 Å². The van der Waals surface area contributed by atoms with E-state index >= 15 is 0 Å². The van der Waals surface area contributed by atoms with Gasteiger partial charge in [0.1, 0.15) is 11.3 Å². The Kier molecular flexibility index (Phi) is 4.18. The van der Waals surface area contributed by atoms with Gasteiger partial charge < -0.3 is 9.84 Å². The van der Waals surface area contributed by atoms with Crippen molar-refractivity contribution >= 4 is 5.97 Å². The third-order valence-corrected chi connectivity index (χ3v) is 2.96. The quantitative estimate of drug-likeness (QED) is 0.853. The topological polar surface area (TPSA) is 46.5 Å². The summed E-state index contributed by atoms with van der Waals surface area (Å²) in [5.74, 6) is -0.434. The Hall–Kier alpha value is -2.29. The molecule has 2 aromatic rings. The summed E-state index contributed by atoms with van der Waals surface area (Å²) in [6.45, 7) is 2.28. The molecule has 0 heterocycles. The number of aromatic hydroxyl groups is 1. The van der Waals surface area contributed by atoms with Gasteiger partial charge in [0, 0.05) is 5.92 Å². The standard InChI is InChI=1S/C16H16O3/c1-12(13-7-3-2-4-8-13)11-19-16(18)14-9-5-6-10-15(14)17/h2-10,12,17H,11H2,1H3. The number of ether oxygens (including phenoxy) is 1. The van der Waals surface area contributed by atoms with Crippen molar-refractivity contribution in [2.45, 2.75) is 12.8 Å². The molecule has 1 N–H and O–H groups in total. The van der Waals surface area contributed by atoms with E-state index in [4.69, 9.17) is 4.74 Å². The van der Waals surface area contributed by atoms with Crippen LogP contribution in [0.3, 0.4) is 0 Å². The summed E-state index contributed by atoms with van der Waals surface area (Å²) in [4.78, 5) is 11.8. The lowest BCUT2D eigenvalue weighted by atomic mass is 10.0. The Balaban J connectivity index is 1.96. The number of carbonyl (C=O) groups is 1. The van der Waals surface area contributed by atoms with E-state index in [0.29, 0.717) is 0 Å². The average Bonchev–Trinajstić information content (AvgIpc) is 2.46. The monoisotopic (exact) mass is 256 g/mol. The van der Waals surface area contributed by atoms with Gasteiger partial charge in [-0.15, -0.1) is 0 Å². The molecule has 0 radical (unpaired) electrons. The first kappa shape index (κ1) is 13.1. The van der Waals surface area contributed by atoms with Gasteiger partial charge in [-0.05, 0) is 17.7 Å². The van der Waals surface area contributed by atoms with Crippen molar-refractivity contribution in [2.75, 3.05) is 6.61 Å². The molecule has 0 spiro atoms. The Morgan fingerprint density at radius 1 is 1.11 bits per heavy atom. The van der Waals surface area contributed by atoms with Crippen molar-refractivity contribution in [3.05, 3.63) is 65.7 Å². The maximum absolute atomic E-state index is 11.8. The minimum Gasteiger partial charge on any atom is -0.507 e. The molecule has 3 nitrogen and oxygen atoms in total. The zero-order valence-electron chi connectivity index (χ0n) is 10.7. The minimum absolute atomic E-state index is 0.0557. The van der Waals surface area contributed by atoms with E-state index in [1.807, 2.05) is 37.3 Å². The molecule has 98 valence electrons. The number of hydrogen-bond donors (Lipinski definition) is 1. The van der Waals surface area contributed by atoms with Crippen LogP contribution >= 0.6 is 0 Å². The fourth-order valence-corrected chi connectivity index (χ4v) is 1.80. The fourth-order valence-electron chi connectivity index (χ4n) is 1.80. The fraction of sp³-hybridized carbons (Fsp3) is 0.188. The van der Waals surface area contributed by atoms with E-state index in [1.165, 1.54) is 6.07 Å². The molecular weight excluding hydrogens is 240 g/mol. The third kappa shape index (κ3) is 3.35. The first-order valence-electron chi connectivity index (χ1n) is 6.18. The molecule has 2 rings (SSSR count). The normalized spacial score (nSPS) is 11.8. The summed E-state index contributed by atoms with van der Waals surface area (Å²) in [5, 5.41) is 9.56. The lowest BCUT2D eigenvalue weighted by Gasteiger charge is -2.12. The second kappa shape index (κ2) is 6.05. The van der Waals surface area contributed by atoms with Gasteiger partial charge in [-0.25, -0.2) is 4.79 Å². The van der Waals surface area contributed by atoms with Gasteiger partial charge >= 0.3 is 5.97 Å². The molecule has 0 fully saturated rings. The molecule has 0 saturated heterocycles. The van der Waals surface area contributed by atoms with Gasteiger partial charge in [-0.3, -0.25) is 0 Å². The molecule has 1 unspecified atom stereocenters. The zero-order chi connectivity index (χ0) is 13.7. The third-order valence-electron chi connectivity index (χ3n) is 2.96. The predicted octanol–water partition coefficient (Wildman–Crippen LogP) is 3.35. The van der Waals surface area contributed by atoms with Crippen LogP contribution in [0.5, 0.6) is 5.75 Å². The zero-order valence-corrected chi connectivity index (χ0v) is 10.7. The van der Waals surface area contributed by atoms with Crippen LogP contribution in [-0.2, 0) is 4.74 Å². The lowest BCUT2D eigenvalue weighted by molar-refractivity contribution is 0.0482. The SMILES string of the molecule is CC(COC(=O)c1ccccc1O)c1ccccc1. The van der Waals surface area contributed by atoms with E-state index < -0.39 is 5.97 Å². The van der Waals surface area contributed by atoms with Crippen molar-refractivity contribution in [1.82, 2.24) is 0 Å². The Morgan fingerprint density at radius 2 is 1.74 bits per heavy atom. The highest BCUT2D eigenvalue weighted by Gasteiger charge is 2.14. The van der Waals surface area contributed by atoms with Crippen molar-refractivity contribution in [3.8, 4) is 5.75 Å². The first-order valence-corrected chi connectivity index (χ1v) is 6.18. The minimum atomic E-state index is -0.499. The molecule has 0 bridgehead atoms. The molecule has 0 amide bonds. The first-order chi connectivity index (χ1) is 9.18. The molecule has 1 atom stereocenters. The average molecular weight is 256 g/mol. The second-order valence-corrected chi connectivity index (χ2v) is 4.43. The maximum Gasteiger partial charge on any atom is 0.341 e. The van der Waals surface area contributed by atoms with E-state index in [2.05, 4.69) is 0 Å². The lowest BCUT2D eigenvalue weighted by Crippen LogP contribution is -2.11. The van der Waals surface area contributed by atoms with Crippen LogP contribution in [0.2, 0.25) is 0 Å². The predicted molar refractivity (Wildman–Crippen MR) is 73.2 cm³/mol. The summed E-state index contributed by atoms with van der Waals surface area (Å²) in [6, 6.07) is 16.2. The van der Waals surface area contributed by atoms with Crippen molar-refractivity contribution in [2.24, 2.45) is 0 Å². The number of hydrogen-bond acceptors (Lipinski definition) is 3. The van der Waals surface area contributed by atoms with Gasteiger partial charge in [-0.2, -0.15) is 0 Å². The van der Waals surface area contributed by atoms with Gasteiger partial charge in [-0.1, -0.05) is 49.4 Å². The highest BCUT2D eigenvalue weighted by Crippen LogP contribution is 2.19. The number of rotatable bonds is 4. The molecule has 0 aliphatic heterocycles. The van der Waals surface area contributed by atoms with Gasteiger partial charge in [0.25, 0.3) is 0 Å². The van der Waals surface area contributed by atoms with Crippen LogP contribution in [-0.4, -0.2) is 17.7 Å². The molecule has 0 aromatic heterocycles. The summed E-state index contributed by atoms with van der Waals surface area (Å²) in [7, 11) is 0. The smallest absolute Gasteiger partial charge is 0.341 e. The van der Waals surface area contributed by atoms with Gasteiger partial charge in [0.05, 0.1) is 6.61 Å². The van der Waals surface area contributed by atoms with Crippen LogP contribution in [0.15, 0.2) is 54.6 Å². The van der Waals surface area contributed by atoms with Crippen molar-refractivity contribution in [1.29, 1.82) is 0 Å². The summed E-state index contributed by atoms with van der Waals surface area (Å²) in [5.41, 5.74) is 1.32. The van der Waals surface area contributed by atoms with E-state index in [0.717, 1.165) is 5.56 Å². The van der Waals surface area contributed by atoms with Crippen molar-refractivity contribution < 1.29 is 14.6 Å². The van der Waals surface area contributed by atoms with Crippen LogP contribution in [0.4, 0.5) is 0 Å². The van der Waals surface area contributed by atoms with Crippen LogP contribution in [0.25, 0.3) is 0 Å². The molecule has 0 aliphatic rings. The van der Waals surface area contributed by atoms with Crippen molar-refractivity contribution in [3.63, 3.8) is 0 Å². The molecule has 0 aliphatic carbocycles. The number of phenols is 1. The van der Waals surface area contributed by atoms with Crippen LogP contribution in [0, 0.1) is 0 Å². The summed E-state index contributed by atoms with van der Waals surface area (Å²) in [6.07, 6.45) is 0. The summed E-state index contributed by atoms with van der Waals surface area (Å²) < 4.78 is 5.23. The Morgan fingerprint density at radius 3 is 2.42 bits per heavy atom. The Labute approximate surface area is 112 Å². The number of phenolic OH excluding ortho intramolecular Hbond substituents is 1. The van der Waals surface area contributed by atoms with Gasteiger partial charge in [0.15, 0.2) is 0 Å². The number of carbonyl (C=O) groups excluding carboxylic acids is 1. The summed E-state index contributed by atoms with van der Waals surface area (Å²) >= 11 is 0. The maximum atomic E-state index is 11.8. The highest BCUT2D eigenvalue weighted by atomic mass is 16.5. The van der Waals surface area contributed by atoms with E-state index in [9.17, 15) is 9.90 Å². The largest absolute Gasteiger partial charge is 0.507 e. The van der Waals surface area contributed by atoms with Gasteiger partial charge in [0.2, 0.25) is 0 Å². The molecule has 2 aromatic carbocycles. The number of esters is 1. The Bertz CT molecular complexity index is 549. The van der Waals surface area contributed by atoms with E-state index in [-0.39, 0.29) is 23.8 Å².